The fourth-order valence-corrected chi connectivity index (χ4v) is 1.94. The number of nitrogen functional groups attached to an aromatic ring is 1. The van der Waals surface area contributed by atoms with E-state index in [-0.39, 0.29) is 12.0 Å². The number of aliphatic hydroxyl groups is 1. The van der Waals surface area contributed by atoms with Crippen molar-refractivity contribution in [2.45, 2.75) is 18.9 Å². The van der Waals surface area contributed by atoms with Crippen LogP contribution in [0.2, 0.25) is 0 Å². The predicted molar refractivity (Wildman–Crippen MR) is 58.8 cm³/mol. The third-order valence-corrected chi connectivity index (χ3v) is 2.92. The van der Waals surface area contributed by atoms with Gasteiger partial charge < -0.3 is 15.7 Å². The number of hydrogen-bond acceptors (Lipinski definition) is 4. The van der Waals surface area contributed by atoms with Crippen molar-refractivity contribution >= 4 is 11.6 Å². The average Bonchev–Trinajstić information content (AvgIpc) is 2.59. The molecule has 1 aliphatic rings. The van der Waals surface area contributed by atoms with Gasteiger partial charge in [0.05, 0.1) is 18.0 Å². The van der Waals surface area contributed by atoms with Crippen molar-refractivity contribution in [3.63, 3.8) is 0 Å². The summed E-state index contributed by atoms with van der Waals surface area (Å²) in [6.07, 6.45) is 2.45. The van der Waals surface area contributed by atoms with Crippen LogP contribution in [0.3, 0.4) is 0 Å². The number of piperidine rings is 1. The second kappa shape index (κ2) is 4.13. The maximum Gasteiger partial charge on any atom is 0.274 e. The molecule has 1 aromatic rings. The number of carbonyl (C=O) groups excluding carboxylic acids is 1. The van der Waals surface area contributed by atoms with E-state index in [2.05, 4.69) is 5.10 Å². The lowest BCUT2D eigenvalue weighted by Crippen LogP contribution is -2.41. The first kappa shape index (κ1) is 10.9. The maximum absolute atomic E-state index is 12.1. The maximum atomic E-state index is 12.1. The lowest BCUT2D eigenvalue weighted by atomic mass is 10.1. The monoisotopic (exact) mass is 224 g/mol. The fraction of sp³-hybridized carbons (Fsp3) is 0.600. The minimum Gasteiger partial charge on any atom is -0.396 e. The van der Waals surface area contributed by atoms with Gasteiger partial charge in [0.15, 0.2) is 0 Å². The standard InChI is InChI=1S/C10H16N4O2/c1-13-9(8(11)6-12-13)10(16)14-4-2-7(15)3-5-14/h6-7,15H,2-5,11H2,1H3. The number of nitrogens with two attached hydrogens (primary N) is 1. The molecule has 88 valence electrons. The van der Waals surface area contributed by atoms with Gasteiger partial charge in [-0.3, -0.25) is 9.48 Å². The van der Waals surface area contributed by atoms with E-state index in [1.807, 2.05) is 0 Å². The van der Waals surface area contributed by atoms with E-state index in [1.165, 1.54) is 10.9 Å². The Morgan fingerprint density at radius 3 is 2.69 bits per heavy atom. The van der Waals surface area contributed by atoms with E-state index < -0.39 is 0 Å². The molecule has 0 bridgehead atoms. The van der Waals surface area contributed by atoms with Crippen LogP contribution in [-0.2, 0) is 7.05 Å². The zero-order valence-corrected chi connectivity index (χ0v) is 9.26. The minimum absolute atomic E-state index is 0.107. The molecule has 1 fully saturated rings. The number of likely N-dealkylation sites (tertiary alicyclic amines) is 1. The highest BCUT2D eigenvalue weighted by Gasteiger charge is 2.25. The van der Waals surface area contributed by atoms with Crippen LogP contribution in [-0.4, -0.2) is 44.9 Å². The van der Waals surface area contributed by atoms with Crippen LogP contribution in [0.1, 0.15) is 23.3 Å². The van der Waals surface area contributed by atoms with Gasteiger partial charge in [0, 0.05) is 20.1 Å². The summed E-state index contributed by atoms with van der Waals surface area (Å²) in [6, 6.07) is 0. The first-order chi connectivity index (χ1) is 7.59. The van der Waals surface area contributed by atoms with Gasteiger partial charge in [-0.1, -0.05) is 0 Å². The van der Waals surface area contributed by atoms with Gasteiger partial charge in [0.1, 0.15) is 5.69 Å². The van der Waals surface area contributed by atoms with Gasteiger partial charge in [-0.25, -0.2) is 0 Å². The molecule has 1 saturated heterocycles. The van der Waals surface area contributed by atoms with E-state index in [1.54, 1.807) is 11.9 Å². The number of carbonyl (C=O) groups is 1. The van der Waals surface area contributed by atoms with E-state index >= 15 is 0 Å². The number of aliphatic hydroxyl groups excluding tert-OH is 1. The molecular formula is C10H16N4O2. The SMILES string of the molecule is Cn1ncc(N)c1C(=O)N1CCC(O)CC1. The van der Waals surface area contributed by atoms with Crippen LogP contribution >= 0.6 is 0 Å². The Morgan fingerprint density at radius 1 is 1.56 bits per heavy atom. The minimum atomic E-state index is -0.284. The molecule has 3 N–H and O–H groups in total. The highest BCUT2D eigenvalue weighted by molar-refractivity contribution is 5.97. The molecule has 6 nitrogen and oxygen atoms in total. The number of anilines is 1. The number of rotatable bonds is 1. The molecule has 16 heavy (non-hydrogen) atoms. The van der Waals surface area contributed by atoms with Crippen LogP contribution in [0.5, 0.6) is 0 Å². The molecule has 6 heteroatoms. The molecular weight excluding hydrogens is 208 g/mol. The van der Waals surface area contributed by atoms with Gasteiger partial charge in [-0.05, 0) is 12.8 Å². The number of amides is 1. The van der Waals surface area contributed by atoms with Crippen LogP contribution in [0.15, 0.2) is 6.20 Å². The third kappa shape index (κ3) is 1.88. The summed E-state index contributed by atoms with van der Waals surface area (Å²) in [6.45, 7) is 1.15. The molecule has 1 amide bonds. The quantitative estimate of drug-likeness (QED) is 0.679. The number of nitrogens with zero attached hydrogens (tertiary/aromatic N) is 3. The van der Waals surface area contributed by atoms with Gasteiger partial charge >= 0.3 is 0 Å². The van der Waals surface area contributed by atoms with Gasteiger partial charge in [0.2, 0.25) is 0 Å². The molecule has 1 aromatic heterocycles. The molecule has 0 radical (unpaired) electrons. The molecule has 0 atom stereocenters. The van der Waals surface area contributed by atoms with Crippen LogP contribution < -0.4 is 5.73 Å². The summed E-state index contributed by atoms with van der Waals surface area (Å²) in [7, 11) is 1.70. The van der Waals surface area contributed by atoms with Crippen LogP contribution in [0, 0.1) is 0 Å². The van der Waals surface area contributed by atoms with Crippen LogP contribution in [0.25, 0.3) is 0 Å². The molecule has 0 unspecified atom stereocenters. The van der Waals surface area contributed by atoms with E-state index in [0.29, 0.717) is 37.3 Å². The van der Waals surface area contributed by atoms with Crippen LogP contribution in [0.4, 0.5) is 5.69 Å². The van der Waals surface area contributed by atoms with Gasteiger partial charge in [-0.2, -0.15) is 5.10 Å². The Bertz CT molecular complexity index is 374. The largest absolute Gasteiger partial charge is 0.396 e. The van der Waals surface area contributed by atoms with Crippen molar-refractivity contribution in [2.75, 3.05) is 18.8 Å². The Morgan fingerprint density at radius 2 is 2.19 bits per heavy atom. The molecule has 0 saturated carbocycles. The second-order valence-electron chi connectivity index (χ2n) is 4.10. The van der Waals surface area contributed by atoms with Crippen molar-refractivity contribution in [1.82, 2.24) is 14.7 Å². The van der Waals surface area contributed by atoms with Crippen molar-refractivity contribution in [1.29, 1.82) is 0 Å². The predicted octanol–water partition coefficient (Wildman–Crippen LogP) is -0.401. The smallest absolute Gasteiger partial charge is 0.274 e. The first-order valence-corrected chi connectivity index (χ1v) is 5.34. The Kier molecular flexibility index (Phi) is 2.82. The number of hydrogen-bond donors (Lipinski definition) is 2. The lowest BCUT2D eigenvalue weighted by Gasteiger charge is -2.29. The Balaban J connectivity index is 2.14. The highest BCUT2D eigenvalue weighted by Crippen LogP contribution is 2.17. The number of aromatic nitrogens is 2. The summed E-state index contributed by atoms with van der Waals surface area (Å²) >= 11 is 0. The summed E-state index contributed by atoms with van der Waals surface area (Å²) in [4.78, 5) is 13.8. The molecule has 0 aromatic carbocycles. The van der Waals surface area contributed by atoms with Crippen molar-refractivity contribution in [3.8, 4) is 0 Å². The molecule has 0 aliphatic carbocycles. The third-order valence-electron chi connectivity index (χ3n) is 2.92. The highest BCUT2D eigenvalue weighted by atomic mass is 16.3. The Hall–Kier alpha value is -1.56. The summed E-state index contributed by atoms with van der Waals surface area (Å²) in [5.41, 5.74) is 6.52. The molecule has 1 aliphatic heterocycles. The Labute approximate surface area is 93.6 Å². The van der Waals surface area contributed by atoms with Crippen molar-refractivity contribution < 1.29 is 9.90 Å². The first-order valence-electron chi connectivity index (χ1n) is 5.34. The summed E-state index contributed by atoms with van der Waals surface area (Å²) < 4.78 is 1.49. The fourth-order valence-electron chi connectivity index (χ4n) is 1.94. The van der Waals surface area contributed by atoms with Crippen molar-refractivity contribution in [3.05, 3.63) is 11.9 Å². The van der Waals surface area contributed by atoms with Gasteiger partial charge in [0.25, 0.3) is 5.91 Å². The number of aryl methyl sites for hydroxylation is 1. The van der Waals surface area contributed by atoms with Gasteiger partial charge in [-0.15, -0.1) is 0 Å². The van der Waals surface area contributed by atoms with E-state index in [0.717, 1.165) is 0 Å². The summed E-state index contributed by atoms with van der Waals surface area (Å²) in [5, 5.41) is 13.3. The van der Waals surface area contributed by atoms with E-state index in [4.69, 9.17) is 5.73 Å². The summed E-state index contributed by atoms with van der Waals surface area (Å²) in [5.74, 6) is -0.107. The zero-order valence-electron chi connectivity index (χ0n) is 9.26. The average molecular weight is 224 g/mol. The zero-order chi connectivity index (χ0) is 11.7. The molecule has 2 heterocycles. The lowest BCUT2D eigenvalue weighted by molar-refractivity contribution is 0.0538. The second-order valence-corrected chi connectivity index (χ2v) is 4.10. The van der Waals surface area contributed by atoms with Crippen molar-refractivity contribution in [2.24, 2.45) is 7.05 Å². The molecule has 2 rings (SSSR count). The normalized spacial score (nSPS) is 17.8. The van der Waals surface area contributed by atoms with E-state index in [9.17, 15) is 9.90 Å². The molecule has 0 spiro atoms. The topological polar surface area (TPSA) is 84.4 Å².